The number of likely N-dealkylation sites (N-methyl/N-ethyl adjacent to an activating group) is 1. The minimum atomic E-state index is -3.77. The van der Waals surface area contributed by atoms with Gasteiger partial charge < -0.3 is 10.6 Å². The molecule has 0 aliphatic rings. The van der Waals surface area contributed by atoms with E-state index in [0.717, 1.165) is 12.1 Å². The van der Waals surface area contributed by atoms with Gasteiger partial charge in [-0.05, 0) is 38.2 Å². The van der Waals surface area contributed by atoms with E-state index in [0.29, 0.717) is 6.54 Å². The van der Waals surface area contributed by atoms with Crippen LogP contribution in [0.3, 0.4) is 0 Å². The van der Waals surface area contributed by atoms with Crippen LogP contribution in [-0.4, -0.2) is 40.0 Å². The SMILES string of the molecule is CC(C)C(CN(C)C)NS(=O)(=O)c1ccc(F)cc1N. The van der Waals surface area contributed by atoms with E-state index in [4.69, 9.17) is 5.73 Å². The van der Waals surface area contributed by atoms with E-state index in [1.807, 2.05) is 32.8 Å². The molecule has 114 valence electrons. The van der Waals surface area contributed by atoms with Crippen LogP contribution >= 0.6 is 0 Å². The number of hydrogen-bond acceptors (Lipinski definition) is 4. The molecule has 7 heteroatoms. The molecule has 0 radical (unpaired) electrons. The first-order valence-electron chi connectivity index (χ1n) is 6.35. The number of nitrogens with one attached hydrogen (secondary N) is 1. The van der Waals surface area contributed by atoms with E-state index in [9.17, 15) is 12.8 Å². The summed E-state index contributed by atoms with van der Waals surface area (Å²) in [4.78, 5) is 1.81. The van der Waals surface area contributed by atoms with Crippen molar-refractivity contribution >= 4 is 15.7 Å². The van der Waals surface area contributed by atoms with E-state index in [1.54, 1.807) is 0 Å². The Hall–Kier alpha value is -1.18. The van der Waals surface area contributed by atoms with Gasteiger partial charge in [0.15, 0.2) is 0 Å². The fourth-order valence-corrected chi connectivity index (χ4v) is 3.29. The third-order valence-corrected chi connectivity index (χ3v) is 4.50. The van der Waals surface area contributed by atoms with Crippen molar-refractivity contribution in [3.63, 3.8) is 0 Å². The van der Waals surface area contributed by atoms with E-state index in [1.165, 1.54) is 6.07 Å². The molecule has 1 atom stereocenters. The summed E-state index contributed by atoms with van der Waals surface area (Å²) < 4.78 is 40.3. The monoisotopic (exact) mass is 303 g/mol. The van der Waals surface area contributed by atoms with Gasteiger partial charge in [0.2, 0.25) is 10.0 Å². The number of hydrogen-bond donors (Lipinski definition) is 2. The van der Waals surface area contributed by atoms with Crippen molar-refractivity contribution in [2.75, 3.05) is 26.4 Å². The van der Waals surface area contributed by atoms with Crippen LogP contribution in [-0.2, 0) is 10.0 Å². The number of benzene rings is 1. The summed E-state index contributed by atoms with van der Waals surface area (Å²) in [6, 6.07) is 3.02. The fourth-order valence-electron chi connectivity index (χ4n) is 1.80. The predicted molar refractivity (Wildman–Crippen MR) is 78.3 cm³/mol. The Bertz CT molecular complexity index is 559. The van der Waals surface area contributed by atoms with Gasteiger partial charge in [-0.15, -0.1) is 0 Å². The summed E-state index contributed by atoms with van der Waals surface area (Å²) in [6.07, 6.45) is 0. The van der Waals surface area contributed by atoms with Crippen molar-refractivity contribution < 1.29 is 12.8 Å². The third-order valence-electron chi connectivity index (χ3n) is 2.93. The molecule has 1 unspecified atom stereocenters. The van der Waals surface area contributed by atoms with E-state index >= 15 is 0 Å². The van der Waals surface area contributed by atoms with Gasteiger partial charge in [0.1, 0.15) is 10.7 Å². The van der Waals surface area contributed by atoms with Gasteiger partial charge in [0, 0.05) is 12.6 Å². The Kier molecular flexibility index (Phi) is 5.50. The molecule has 0 saturated carbocycles. The molecule has 0 heterocycles. The number of halogens is 1. The normalized spacial score (nSPS) is 13.9. The zero-order valence-electron chi connectivity index (χ0n) is 12.2. The number of anilines is 1. The number of nitrogens with two attached hydrogens (primary N) is 1. The second kappa shape index (κ2) is 6.51. The molecular weight excluding hydrogens is 281 g/mol. The molecule has 0 amide bonds. The average molecular weight is 303 g/mol. The Balaban J connectivity index is 3.03. The largest absolute Gasteiger partial charge is 0.398 e. The lowest BCUT2D eigenvalue weighted by atomic mass is 10.1. The fraction of sp³-hybridized carbons (Fsp3) is 0.538. The first kappa shape index (κ1) is 16.9. The maximum Gasteiger partial charge on any atom is 0.242 e. The third kappa shape index (κ3) is 4.43. The first-order chi connectivity index (χ1) is 9.13. The highest BCUT2D eigenvalue weighted by molar-refractivity contribution is 7.89. The molecule has 0 aliphatic heterocycles. The van der Waals surface area contributed by atoms with E-state index in [2.05, 4.69) is 4.72 Å². The highest BCUT2D eigenvalue weighted by Crippen LogP contribution is 2.20. The van der Waals surface area contributed by atoms with Crippen LogP contribution < -0.4 is 10.5 Å². The van der Waals surface area contributed by atoms with Crippen LogP contribution in [0.4, 0.5) is 10.1 Å². The van der Waals surface area contributed by atoms with Crippen molar-refractivity contribution in [1.29, 1.82) is 0 Å². The maximum atomic E-state index is 13.0. The van der Waals surface area contributed by atoms with Crippen molar-refractivity contribution in [1.82, 2.24) is 9.62 Å². The molecule has 0 aromatic heterocycles. The number of nitrogen functional groups attached to an aromatic ring is 1. The maximum absolute atomic E-state index is 13.0. The Morgan fingerprint density at radius 3 is 2.40 bits per heavy atom. The minimum Gasteiger partial charge on any atom is -0.398 e. The number of sulfonamides is 1. The predicted octanol–water partition coefficient (Wildman–Crippen LogP) is 1.27. The lowest BCUT2D eigenvalue weighted by Crippen LogP contribution is -2.45. The van der Waals surface area contributed by atoms with Gasteiger partial charge in [0.25, 0.3) is 0 Å². The summed E-state index contributed by atoms with van der Waals surface area (Å²) >= 11 is 0. The van der Waals surface area contributed by atoms with Crippen molar-refractivity contribution in [2.45, 2.75) is 24.8 Å². The summed E-state index contributed by atoms with van der Waals surface area (Å²) in [7, 11) is -0.0240. The average Bonchev–Trinajstić information content (AvgIpc) is 2.26. The van der Waals surface area contributed by atoms with Crippen molar-refractivity contribution in [3.05, 3.63) is 24.0 Å². The number of nitrogens with zero attached hydrogens (tertiary/aromatic N) is 1. The molecule has 0 spiro atoms. The Morgan fingerprint density at radius 1 is 1.35 bits per heavy atom. The van der Waals surface area contributed by atoms with E-state index in [-0.39, 0.29) is 22.5 Å². The van der Waals surface area contributed by atoms with Crippen molar-refractivity contribution in [3.8, 4) is 0 Å². The van der Waals surface area contributed by atoms with E-state index < -0.39 is 15.8 Å². The second-order valence-electron chi connectivity index (χ2n) is 5.42. The molecule has 0 saturated heterocycles. The zero-order chi connectivity index (χ0) is 15.5. The Labute approximate surface area is 120 Å². The molecule has 1 aromatic carbocycles. The van der Waals surface area contributed by atoms with Gasteiger partial charge in [-0.2, -0.15) is 0 Å². The highest BCUT2D eigenvalue weighted by Gasteiger charge is 2.24. The quantitative estimate of drug-likeness (QED) is 0.776. The molecular formula is C13H22FN3O2S. The van der Waals surface area contributed by atoms with Crippen molar-refractivity contribution in [2.24, 2.45) is 5.92 Å². The first-order valence-corrected chi connectivity index (χ1v) is 7.84. The van der Waals surface area contributed by atoms with Gasteiger partial charge in [-0.1, -0.05) is 13.8 Å². The van der Waals surface area contributed by atoms with Gasteiger partial charge >= 0.3 is 0 Å². The van der Waals surface area contributed by atoms with Crippen LogP contribution in [0.25, 0.3) is 0 Å². The molecule has 20 heavy (non-hydrogen) atoms. The zero-order valence-corrected chi connectivity index (χ0v) is 13.0. The summed E-state index contributed by atoms with van der Waals surface area (Å²) in [6.45, 7) is 4.44. The molecule has 0 aliphatic carbocycles. The standard InChI is InChI=1S/C13H22FN3O2S/c1-9(2)12(8-17(3)4)16-20(18,19)13-6-5-10(14)7-11(13)15/h5-7,9,12,16H,8,15H2,1-4H3. The van der Waals surface area contributed by atoms with Crippen LogP contribution in [0.1, 0.15) is 13.8 Å². The van der Waals surface area contributed by atoms with Crippen LogP contribution in [0, 0.1) is 11.7 Å². The topological polar surface area (TPSA) is 75.4 Å². The smallest absolute Gasteiger partial charge is 0.242 e. The molecule has 1 rings (SSSR count). The number of rotatable bonds is 6. The lowest BCUT2D eigenvalue weighted by Gasteiger charge is -2.25. The van der Waals surface area contributed by atoms with Crippen LogP contribution in [0.5, 0.6) is 0 Å². The lowest BCUT2D eigenvalue weighted by molar-refractivity contribution is 0.314. The van der Waals surface area contributed by atoms with Gasteiger partial charge in [-0.25, -0.2) is 17.5 Å². The van der Waals surface area contributed by atoms with Crippen LogP contribution in [0.2, 0.25) is 0 Å². The second-order valence-corrected chi connectivity index (χ2v) is 7.10. The summed E-state index contributed by atoms with van der Waals surface area (Å²) in [5.74, 6) is -0.441. The minimum absolute atomic E-state index is 0.0927. The van der Waals surface area contributed by atoms with Gasteiger partial charge in [0.05, 0.1) is 5.69 Å². The molecule has 0 fully saturated rings. The highest BCUT2D eigenvalue weighted by atomic mass is 32.2. The molecule has 3 N–H and O–H groups in total. The molecule has 0 bridgehead atoms. The van der Waals surface area contributed by atoms with Crippen LogP contribution in [0.15, 0.2) is 23.1 Å². The summed E-state index contributed by atoms with van der Waals surface area (Å²) in [5.41, 5.74) is 5.50. The molecule has 1 aromatic rings. The Morgan fingerprint density at radius 2 is 1.95 bits per heavy atom. The van der Waals surface area contributed by atoms with Gasteiger partial charge in [-0.3, -0.25) is 0 Å². The molecule has 5 nitrogen and oxygen atoms in total. The summed E-state index contributed by atoms with van der Waals surface area (Å²) in [5, 5.41) is 0.